The smallest absolute Gasteiger partial charge is 0.255 e. The largest absolute Gasteiger partial charge is 0.340 e. The number of pyridine rings is 1. The van der Waals surface area contributed by atoms with Crippen LogP contribution < -0.4 is 10.5 Å². The number of anilines is 1. The van der Waals surface area contributed by atoms with Crippen LogP contribution in [0.4, 0.5) is 5.95 Å². The zero-order chi connectivity index (χ0) is 17.9. The van der Waals surface area contributed by atoms with Crippen molar-refractivity contribution < 1.29 is 0 Å². The van der Waals surface area contributed by atoms with E-state index in [1.54, 1.807) is 0 Å². The molecule has 0 saturated carbocycles. The van der Waals surface area contributed by atoms with Gasteiger partial charge in [-0.1, -0.05) is 0 Å². The molecule has 2 aromatic heterocycles. The van der Waals surface area contributed by atoms with E-state index in [1.807, 2.05) is 12.4 Å². The number of nitrogens with one attached hydrogen (secondary N) is 1. The monoisotopic (exact) mass is 354 g/mol. The highest BCUT2D eigenvalue weighted by molar-refractivity contribution is 5.35. The fourth-order valence-corrected chi connectivity index (χ4v) is 3.71. The molecule has 138 valence electrons. The summed E-state index contributed by atoms with van der Waals surface area (Å²) in [6.07, 6.45) is 5.24. The van der Waals surface area contributed by atoms with Crippen LogP contribution in [0.2, 0.25) is 0 Å². The molecular weight excluding hydrogens is 328 g/mol. The second kappa shape index (κ2) is 7.55. The molecule has 1 saturated heterocycles. The van der Waals surface area contributed by atoms with Gasteiger partial charge in [-0.05, 0) is 31.2 Å². The fraction of sp³-hybridized carbons (Fsp3) is 0.526. The normalized spacial score (nSPS) is 19.2. The van der Waals surface area contributed by atoms with Gasteiger partial charge in [-0.3, -0.25) is 19.7 Å². The van der Waals surface area contributed by atoms with Gasteiger partial charge in [-0.15, -0.1) is 0 Å². The lowest BCUT2D eigenvalue weighted by Crippen LogP contribution is -2.45. The minimum absolute atomic E-state index is 0.0367. The van der Waals surface area contributed by atoms with Gasteiger partial charge in [0.05, 0.1) is 5.69 Å². The number of piperazine rings is 1. The Morgan fingerprint density at radius 2 is 1.77 bits per heavy atom. The van der Waals surface area contributed by atoms with E-state index in [1.165, 1.54) is 5.56 Å². The lowest BCUT2D eigenvalue weighted by atomic mass is 10.1. The molecule has 7 nitrogen and oxygen atoms in total. The summed E-state index contributed by atoms with van der Waals surface area (Å²) in [5, 5.41) is 0. The number of fused-ring (bicyclic) bond motifs is 1. The predicted molar refractivity (Wildman–Crippen MR) is 101 cm³/mol. The Kier molecular flexibility index (Phi) is 4.99. The van der Waals surface area contributed by atoms with Crippen molar-refractivity contribution in [2.24, 2.45) is 0 Å². The highest BCUT2D eigenvalue weighted by Gasteiger charge is 2.22. The molecule has 0 amide bonds. The Morgan fingerprint density at radius 3 is 2.54 bits per heavy atom. The van der Waals surface area contributed by atoms with Crippen LogP contribution in [-0.4, -0.2) is 71.1 Å². The van der Waals surface area contributed by atoms with Gasteiger partial charge in [0.25, 0.3) is 5.56 Å². The van der Waals surface area contributed by atoms with E-state index in [0.29, 0.717) is 0 Å². The molecule has 4 heterocycles. The first-order valence-corrected chi connectivity index (χ1v) is 9.36. The maximum Gasteiger partial charge on any atom is 0.255 e. The van der Waals surface area contributed by atoms with Crippen LogP contribution in [0, 0.1) is 0 Å². The van der Waals surface area contributed by atoms with Crippen molar-refractivity contribution in [3.63, 3.8) is 0 Å². The number of likely N-dealkylation sites (N-methyl/N-ethyl adjacent to an activating group) is 1. The van der Waals surface area contributed by atoms with Crippen LogP contribution in [0.5, 0.6) is 0 Å². The first-order chi connectivity index (χ1) is 12.7. The van der Waals surface area contributed by atoms with Crippen molar-refractivity contribution >= 4 is 5.95 Å². The average Bonchev–Trinajstić information content (AvgIpc) is 2.86. The van der Waals surface area contributed by atoms with Crippen molar-refractivity contribution in [2.75, 3.05) is 51.2 Å². The topological polar surface area (TPSA) is 68.4 Å². The summed E-state index contributed by atoms with van der Waals surface area (Å²) in [6, 6.07) is 4.10. The van der Waals surface area contributed by atoms with E-state index < -0.39 is 0 Å². The van der Waals surface area contributed by atoms with Gasteiger partial charge in [0.1, 0.15) is 0 Å². The highest BCUT2D eigenvalue weighted by atomic mass is 16.1. The molecule has 2 aromatic rings. The Morgan fingerprint density at radius 1 is 1.04 bits per heavy atom. The third kappa shape index (κ3) is 3.78. The molecule has 0 atom stereocenters. The Labute approximate surface area is 153 Å². The third-order valence-corrected chi connectivity index (χ3v) is 5.39. The predicted octanol–water partition coefficient (Wildman–Crippen LogP) is 0.518. The maximum atomic E-state index is 12.7. The molecule has 0 unspecified atom stereocenters. The van der Waals surface area contributed by atoms with Crippen LogP contribution in [0.3, 0.4) is 0 Å². The molecule has 4 rings (SSSR count). The van der Waals surface area contributed by atoms with Gasteiger partial charge < -0.3 is 9.80 Å². The summed E-state index contributed by atoms with van der Waals surface area (Å²) in [4.78, 5) is 31.5. The summed E-state index contributed by atoms with van der Waals surface area (Å²) >= 11 is 0. The molecule has 0 aliphatic carbocycles. The molecule has 2 aliphatic rings. The third-order valence-electron chi connectivity index (χ3n) is 5.39. The number of aromatic nitrogens is 3. The van der Waals surface area contributed by atoms with Gasteiger partial charge in [0.15, 0.2) is 0 Å². The molecule has 0 bridgehead atoms. The SMILES string of the molecule is CN1CCN(c2nc3c(c(=O)[nH]2)CCN(Cc2ccncc2)CC3)CC1. The number of hydrogen-bond acceptors (Lipinski definition) is 6. The van der Waals surface area contributed by atoms with Crippen LogP contribution in [0.1, 0.15) is 16.8 Å². The molecule has 0 spiro atoms. The number of nitrogens with zero attached hydrogens (tertiary/aromatic N) is 5. The first kappa shape index (κ1) is 17.2. The van der Waals surface area contributed by atoms with Crippen molar-refractivity contribution in [2.45, 2.75) is 19.4 Å². The fourth-order valence-electron chi connectivity index (χ4n) is 3.71. The number of H-pyrrole nitrogens is 1. The second-order valence-electron chi connectivity index (χ2n) is 7.24. The summed E-state index contributed by atoms with van der Waals surface area (Å²) < 4.78 is 0. The van der Waals surface area contributed by atoms with Crippen molar-refractivity contribution in [1.29, 1.82) is 0 Å². The number of rotatable bonds is 3. The van der Waals surface area contributed by atoms with Gasteiger partial charge in [0.2, 0.25) is 5.95 Å². The van der Waals surface area contributed by atoms with E-state index in [0.717, 1.165) is 75.9 Å². The van der Waals surface area contributed by atoms with E-state index in [2.05, 4.69) is 43.8 Å². The van der Waals surface area contributed by atoms with Crippen molar-refractivity contribution in [1.82, 2.24) is 24.8 Å². The van der Waals surface area contributed by atoms with Gasteiger partial charge in [-0.25, -0.2) is 4.98 Å². The van der Waals surface area contributed by atoms with E-state index in [4.69, 9.17) is 4.98 Å². The van der Waals surface area contributed by atoms with Gasteiger partial charge in [0, 0.05) is 70.2 Å². The van der Waals surface area contributed by atoms with Crippen LogP contribution in [-0.2, 0) is 19.4 Å². The zero-order valence-corrected chi connectivity index (χ0v) is 15.3. The lowest BCUT2D eigenvalue weighted by molar-refractivity contribution is 0.278. The minimum Gasteiger partial charge on any atom is -0.340 e. The summed E-state index contributed by atoms with van der Waals surface area (Å²) in [6.45, 7) is 6.52. The molecule has 1 N–H and O–H groups in total. The van der Waals surface area contributed by atoms with E-state index in [-0.39, 0.29) is 5.56 Å². The first-order valence-electron chi connectivity index (χ1n) is 9.36. The van der Waals surface area contributed by atoms with Crippen molar-refractivity contribution in [3.05, 3.63) is 51.7 Å². The van der Waals surface area contributed by atoms with E-state index in [9.17, 15) is 4.79 Å². The molecule has 26 heavy (non-hydrogen) atoms. The van der Waals surface area contributed by atoms with Crippen LogP contribution in [0.15, 0.2) is 29.3 Å². The maximum absolute atomic E-state index is 12.7. The highest BCUT2D eigenvalue weighted by Crippen LogP contribution is 2.16. The minimum atomic E-state index is 0.0367. The summed E-state index contributed by atoms with van der Waals surface area (Å²) in [5.74, 6) is 0.740. The quantitative estimate of drug-likeness (QED) is 0.867. The summed E-state index contributed by atoms with van der Waals surface area (Å²) in [7, 11) is 2.13. The standard InChI is InChI=1S/C19H26N6O/c1-23-10-12-25(13-11-23)19-21-17-5-9-24(8-4-16(17)18(26)22-19)14-15-2-6-20-7-3-15/h2-3,6-7H,4-5,8-14H2,1H3,(H,21,22,26). The molecule has 7 heteroatoms. The molecule has 0 aromatic carbocycles. The lowest BCUT2D eigenvalue weighted by Gasteiger charge is -2.32. The van der Waals surface area contributed by atoms with Crippen LogP contribution >= 0.6 is 0 Å². The average molecular weight is 354 g/mol. The Balaban J connectivity index is 1.49. The number of hydrogen-bond donors (Lipinski definition) is 1. The molecule has 1 fully saturated rings. The molecule has 2 aliphatic heterocycles. The van der Waals surface area contributed by atoms with Crippen molar-refractivity contribution in [3.8, 4) is 0 Å². The van der Waals surface area contributed by atoms with Crippen LogP contribution in [0.25, 0.3) is 0 Å². The summed E-state index contributed by atoms with van der Waals surface area (Å²) in [5.41, 5.74) is 3.13. The van der Waals surface area contributed by atoms with Gasteiger partial charge >= 0.3 is 0 Å². The van der Waals surface area contributed by atoms with Gasteiger partial charge in [-0.2, -0.15) is 0 Å². The molecule has 0 radical (unpaired) electrons. The van der Waals surface area contributed by atoms with E-state index >= 15 is 0 Å². The number of aromatic amines is 1. The molecular formula is C19H26N6O. The Hall–Kier alpha value is -2.25. The second-order valence-corrected chi connectivity index (χ2v) is 7.24. The zero-order valence-electron chi connectivity index (χ0n) is 15.3. The Bertz CT molecular complexity index is 797.